The third-order valence-electron chi connectivity index (χ3n) is 12.9. The van der Waals surface area contributed by atoms with E-state index in [0.717, 1.165) is 69.5 Å². The zero-order chi connectivity index (χ0) is 43.8. The number of piperidine rings is 1. The summed E-state index contributed by atoms with van der Waals surface area (Å²) in [5.41, 5.74) is 5.71. The van der Waals surface area contributed by atoms with E-state index >= 15 is 0 Å². The minimum Gasteiger partial charge on any atom is -0.453 e. The summed E-state index contributed by atoms with van der Waals surface area (Å²) in [6, 6.07) is 21.2. The van der Waals surface area contributed by atoms with Crippen molar-refractivity contribution in [3.8, 4) is 39.7 Å². The van der Waals surface area contributed by atoms with Crippen LogP contribution in [0.4, 0.5) is 9.59 Å². The maximum absolute atomic E-state index is 14.0. The molecule has 2 aromatic heterocycles. The van der Waals surface area contributed by atoms with Gasteiger partial charge in [-0.1, -0.05) is 76.2 Å². The van der Waals surface area contributed by atoms with Crippen molar-refractivity contribution < 1.29 is 28.7 Å². The van der Waals surface area contributed by atoms with E-state index in [1.165, 1.54) is 14.2 Å². The fourth-order valence-electron chi connectivity index (χ4n) is 9.55. The zero-order valence-corrected chi connectivity index (χ0v) is 35.8. The molecule has 1 saturated carbocycles. The van der Waals surface area contributed by atoms with Crippen LogP contribution in [0.15, 0.2) is 73.1 Å². The van der Waals surface area contributed by atoms with Crippen molar-refractivity contribution in [2.45, 2.75) is 83.6 Å². The highest BCUT2D eigenvalue weighted by atomic mass is 16.5. The maximum Gasteiger partial charge on any atom is 0.407 e. The Bertz CT molecular complexity index is 2520. The standard InChI is InChI=1S/C47H53N9O6/c1-25(2)39(53-46(59)61-5)44(57)55-24-27(21-48)17-38(55)42-49-23-37(51-42)33-14-13-31-18-30(11-12-32(31)19-33)28-7-9-29(10-8-28)36-22-50-43(52-36)41-34-15-16-35(20-34)56(41)45(58)40(26(3)4)54-47(60)62-6/h7-14,18-19,22-23,25-27,34-35,38-41H,15-17,20,24H2,1-6H3,(H,49,51)(H,50,52)(H,53,59)(H,54,60)/t27-,34+,35-,38+,39+,40+,41?/m1/s1. The molecule has 15 nitrogen and oxygen atoms in total. The number of amides is 4. The van der Waals surface area contributed by atoms with Crippen LogP contribution < -0.4 is 10.6 Å². The minimum atomic E-state index is -0.809. The van der Waals surface area contributed by atoms with Crippen LogP contribution in [0.25, 0.3) is 44.4 Å². The molecular weight excluding hydrogens is 787 g/mol. The number of aromatic nitrogens is 4. The summed E-state index contributed by atoms with van der Waals surface area (Å²) in [6.07, 6.45) is 5.62. The molecule has 4 N–H and O–H groups in total. The lowest BCUT2D eigenvalue weighted by Gasteiger charge is -2.37. The lowest BCUT2D eigenvalue weighted by Crippen LogP contribution is -2.54. The first-order chi connectivity index (χ1) is 29.9. The SMILES string of the molecule is COC(=O)N[C@H](C(=O)N1C[C@@H](C#N)C[C@H]1c1ncc(-c2ccc3cc(-c4ccc(-c5cnc(C6[C@H]7CC[C@H](C7)N6C(=O)[C@@H](NC(=O)OC)C(C)C)[nH]5)cc4)ccc3c2)[nH]1)C(C)C. The second kappa shape index (κ2) is 17.4. The van der Waals surface area contributed by atoms with Gasteiger partial charge in [0, 0.05) is 18.2 Å². The second-order valence-corrected chi connectivity index (χ2v) is 17.4. The average molecular weight is 840 g/mol. The number of hydrogen-bond donors (Lipinski definition) is 4. The van der Waals surface area contributed by atoms with Crippen LogP contribution in [0.1, 0.15) is 77.1 Å². The number of aromatic amines is 2. The highest BCUT2D eigenvalue weighted by Gasteiger charge is 2.51. The molecule has 2 saturated heterocycles. The monoisotopic (exact) mass is 839 g/mol. The summed E-state index contributed by atoms with van der Waals surface area (Å²) >= 11 is 0. The van der Waals surface area contributed by atoms with E-state index < -0.39 is 30.3 Å². The molecule has 15 heteroatoms. The average Bonchev–Trinajstić information content (AvgIpc) is 4.15. The molecule has 2 bridgehead atoms. The molecule has 1 aliphatic carbocycles. The van der Waals surface area contributed by atoms with E-state index in [2.05, 4.69) is 86.3 Å². The van der Waals surface area contributed by atoms with E-state index in [0.29, 0.717) is 18.2 Å². The van der Waals surface area contributed by atoms with Gasteiger partial charge >= 0.3 is 12.2 Å². The molecule has 4 amide bonds. The van der Waals surface area contributed by atoms with Gasteiger partial charge in [0.15, 0.2) is 0 Å². The van der Waals surface area contributed by atoms with Gasteiger partial charge in [-0.15, -0.1) is 0 Å². The number of nitrogens with one attached hydrogen (secondary N) is 4. The van der Waals surface area contributed by atoms with Gasteiger partial charge in [-0.05, 0) is 83.0 Å². The van der Waals surface area contributed by atoms with Crippen molar-refractivity contribution in [2.75, 3.05) is 20.8 Å². The first-order valence-electron chi connectivity index (χ1n) is 21.3. The molecule has 62 heavy (non-hydrogen) atoms. The van der Waals surface area contributed by atoms with E-state index in [-0.39, 0.29) is 48.2 Å². The molecule has 5 aromatic rings. The molecule has 322 valence electrons. The Kier molecular flexibility index (Phi) is 11.8. The predicted molar refractivity (Wildman–Crippen MR) is 232 cm³/mol. The molecule has 3 aromatic carbocycles. The molecule has 3 aliphatic rings. The highest BCUT2D eigenvalue weighted by molar-refractivity contribution is 5.91. The number of fused-ring (bicyclic) bond motifs is 3. The Labute approximate surface area is 360 Å². The highest BCUT2D eigenvalue weighted by Crippen LogP contribution is 2.50. The molecule has 4 heterocycles. The Morgan fingerprint density at radius 2 is 1.27 bits per heavy atom. The summed E-state index contributed by atoms with van der Waals surface area (Å²) in [6.45, 7) is 7.80. The van der Waals surface area contributed by atoms with E-state index in [4.69, 9.17) is 14.5 Å². The predicted octanol–water partition coefficient (Wildman–Crippen LogP) is 7.51. The van der Waals surface area contributed by atoms with Crippen molar-refractivity contribution in [2.24, 2.45) is 23.7 Å². The first kappa shape index (κ1) is 42.0. The lowest BCUT2D eigenvalue weighted by atomic mass is 9.95. The van der Waals surface area contributed by atoms with Crippen molar-refractivity contribution in [1.82, 2.24) is 40.4 Å². The summed E-state index contributed by atoms with van der Waals surface area (Å²) in [5.74, 6) is 0.603. The Hall–Kier alpha value is -6.69. The van der Waals surface area contributed by atoms with Crippen molar-refractivity contribution in [3.05, 3.63) is 84.7 Å². The van der Waals surface area contributed by atoms with Gasteiger partial charge < -0.3 is 39.9 Å². The van der Waals surface area contributed by atoms with E-state index in [1.54, 1.807) is 11.1 Å². The van der Waals surface area contributed by atoms with Crippen LogP contribution in [-0.4, -0.2) is 92.6 Å². The van der Waals surface area contributed by atoms with Gasteiger partial charge in [0.1, 0.15) is 23.7 Å². The van der Waals surface area contributed by atoms with Crippen molar-refractivity contribution in [1.29, 1.82) is 5.26 Å². The Morgan fingerprint density at radius 3 is 1.90 bits per heavy atom. The largest absolute Gasteiger partial charge is 0.453 e. The normalized spacial score (nSPS) is 21.6. The number of ether oxygens (including phenoxy) is 2. The number of methoxy groups -OCH3 is 2. The number of H-pyrrole nitrogens is 2. The number of benzene rings is 3. The van der Waals surface area contributed by atoms with Gasteiger partial charge in [0.2, 0.25) is 11.8 Å². The topological polar surface area (TPSA) is 198 Å². The third kappa shape index (κ3) is 8.09. The number of imidazole rings is 2. The summed E-state index contributed by atoms with van der Waals surface area (Å²) in [5, 5.41) is 17.3. The lowest BCUT2D eigenvalue weighted by molar-refractivity contribution is -0.139. The summed E-state index contributed by atoms with van der Waals surface area (Å²) < 4.78 is 9.58. The van der Waals surface area contributed by atoms with Crippen LogP contribution in [-0.2, 0) is 19.1 Å². The summed E-state index contributed by atoms with van der Waals surface area (Å²) in [7, 11) is 2.56. The molecular formula is C47H53N9O6. The number of hydrogen-bond acceptors (Lipinski definition) is 9. The molecule has 8 rings (SSSR count). The number of carbonyl (C=O) groups is 4. The number of rotatable bonds is 11. The fraction of sp³-hybridized carbons (Fsp3) is 0.426. The summed E-state index contributed by atoms with van der Waals surface area (Å²) in [4.78, 5) is 71.9. The number of likely N-dealkylation sites (tertiary alicyclic amines) is 2. The fourth-order valence-corrected chi connectivity index (χ4v) is 9.55. The van der Waals surface area contributed by atoms with Gasteiger partial charge in [0.05, 0.1) is 62.1 Å². The Balaban J connectivity index is 0.966. The molecule has 0 radical (unpaired) electrons. The molecule has 7 atom stereocenters. The van der Waals surface area contributed by atoms with Crippen molar-refractivity contribution >= 4 is 34.8 Å². The number of carbonyl (C=O) groups excluding carboxylic acids is 4. The second-order valence-electron chi connectivity index (χ2n) is 17.4. The van der Waals surface area contributed by atoms with E-state index in [9.17, 15) is 24.4 Å². The van der Waals surface area contributed by atoms with Crippen LogP contribution in [0.2, 0.25) is 0 Å². The number of nitrogens with zero attached hydrogens (tertiary/aromatic N) is 5. The molecule has 3 fully saturated rings. The zero-order valence-electron chi connectivity index (χ0n) is 35.8. The smallest absolute Gasteiger partial charge is 0.407 e. The third-order valence-corrected chi connectivity index (χ3v) is 12.9. The van der Waals surface area contributed by atoms with Crippen LogP contribution in [0, 0.1) is 35.0 Å². The number of alkyl carbamates (subject to hydrolysis) is 2. The van der Waals surface area contributed by atoms with Crippen molar-refractivity contribution in [3.63, 3.8) is 0 Å². The first-order valence-corrected chi connectivity index (χ1v) is 21.3. The number of nitriles is 1. The maximum atomic E-state index is 14.0. The van der Waals surface area contributed by atoms with Gasteiger partial charge in [-0.2, -0.15) is 5.26 Å². The molecule has 2 aliphatic heterocycles. The van der Waals surface area contributed by atoms with Crippen LogP contribution >= 0.6 is 0 Å². The van der Waals surface area contributed by atoms with Gasteiger partial charge in [-0.3, -0.25) is 9.59 Å². The Morgan fingerprint density at radius 1 is 0.726 bits per heavy atom. The van der Waals surface area contributed by atoms with Crippen LogP contribution in [0.3, 0.4) is 0 Å². The molecule has 0 spiro atoms. The van der Waals surface area contributed by atoms with Crippen LogP contribution in [0.5, 0.6) is 0 Å². The quantitative estimate of drug-likeness (QED) is 0.104. The van der Waals surface area contributed by atoms with Gasteiger partial charge in [-0.25, -0.2) is 19.6 Å². The molecule has 1 unspecified atom stereocenters. The van der Waals surface area contributed by atoms with E-state index in [1.807, 2.05) is 44.9 Å². The van der Waals surface area contributed by atoms with Gasteiger partial charge in [0.25, 0.3) is 0 Å². The minimum absolute atomic E-state index is 0.101.